The van der Waals surface area contributed by atoms with Crippen LogP contribution in [0, 0.1) is 5.92 Å². The molecule has 0 radical (unpaired) electrons. The molecule has 2 fully saturated rings. The predicted molar refractivity (Wildman–Crippen MR) is 123 cm³/mol. The Labute approximate surface area is 199 Å². The molecule has 33 heavy (non-hydrogen) atoms. The van der Waals surface area contributed by atoms with Gasteiger partial charge in [-0.1, -0.05) is 6.92 Å². The normalized spacial score (nSPS) is 27.3. The van der Waals surface area contributed by atoms with E-state index in [4.69, 9.17) is 24.1 Å². The minimum absolute atomic E-state index is 0.0621. The fraction of sp³-hybridized carbons (Fsp3) is 0.696. The molecule has 1 aliphatic heterocycles. The number of rotatable bonds is 13. The van der Waals surface area contributed by atoms with Crippen molar-refractivity contribution in [3.63, 3.8) is 0 Å². The molecule has 0 spiro atoms. The van der Waals surface area contributed by atoms with Gasteiger partial charge in [0.15, 0.2) is 5.60 Å². The quantitative estimate of drug-likeness (QED) is 0.335. The highest BCUT2D eigenvalue weighted by atomic mass is 32.2. The monoisotopic (exact) mass is 482 g/mol. The first-order valence-electron chi connectivity index (χ1n) is 11.2. The second kappa shape index (κ2) is 12.0. The fourth-order valence-electron chi connectivity index (χ4n) is 4.48. The second-order valence-corrected chi connectivity index (χ2v) is 9.75. The Morgan fingerprint density at radius 1 is 1.27 bits per heavy atom. The molecule has 9 nitrogen and oxygen atoms in total. The van der Waals surface area contributed by atoms with Crippen LogP contribution in [0.5, 0.6) is 5.75 Å². The van der Waals surface area contributed by atoms with E-state index in [9.17, 15) is 9.59 Å². The van der Waals surface area contributed by atoms with Crippen molar-refractivity contribution < 1.29 is 33.6 Å². The highest BCUT2D eigenvalue weighted by Gasteiger charge is 2.62. The number of β-lactam (4-membered cyclic amide) rings is 1. The van der Waals surface area contributed by atoms with Crippen molar-refractivity contribution in [3.8, 4) is 5.75 Å². The van der Waals surface area contributed by atoms with Gasteiger partial charge < -0.3 is 29.0 Å². The number of ether oxygens (including phenoxy) is 4. The number of hydrogen-bond acceptors (Lipinski definition) is 8. The van der Waals surface area contributed by atoms with E-state index < -0.39 is 11.6 Å². The Hall–Kier alpha value is -1.88. The summed E-state index contributed by atoms with van der Waals surface area (Å²) in [6.45, 7) is 2.31. The lowest BCUT2D eigenvalue weighted by Gasteiger charge is -2.54. The van der Waals surface area contributed by atoms with Crippen LogP contribution in [0.4, 0.5) is 0 Å². The number of carbonyl (C=O) groups is 2. The zero-order valence-corrected chi connectivity index (χ0v) is 20.3. The van der Waals surface area contributed by atoms with Crippen LogP contribution in [-0.2, 0) is 30.2 Å². The van der Waals surface area contributed by atoms with E-state index in [1.54, 1.807) is 11.1 Å². The Kier molecular flexibility index (Phi) is 9.37. The first kappa shape index (κ1) is 25.7. The highest BCUT2D eigenvalue weighted by Crippen LogP contribution is 2.39. The number of hydrogen-bond donors (Lipinski definition) is 1. The van der Waals surface area contributed by atoms with Crippen molar-refractivity contribution >= 4 is 23.6 Å². The van der Waals surface area contributed by atoms with Crippen molar-refractivity contribution in [1.82, 2.24) is 9.88 Å². The van der Waals surface area contributed by atoms with Gasteiger partial charge in [-0.05, 0) is 37.7 Å². The second-order valence-electron chi connectivity index (χ2n) is 8.72. The molecule has 2 atom stereocenters. The van der Waals surface area contributed by atoms with Gasteiger partial charge in [0, 0.05) is 44.4 Å². The number of nitrogens with zero attached hydrogens (tertiary/aromatic N) is 2. The maximum Gasteiger partial charge on any atom is 0.313 e. The van der Waals surface area contributed by atoms with Gasteiger partial charge in [0.25, 0.3) is 5.91 Å². The third-order valence-corrected chi connectivity index (χ3v) is 7.24. The lowest BCUT2D eigenvalue weighted by molar-refractivity contribution is -0.229. The molecule has 1 aromatic rings. The number of aliphatic carboxylic acids is 1. The van der Waals surface area contributed by atoms with E-state index in [0.29, 0.717) is 11.4 Å². The Morgan fingerprint density at radius 3 is 2.70 bits per heavy atom. The van der Waals surface area contributed by atoms with Crippen molar-refractivity contribution in [3.05, 3.63) is 24.0 Å². The van der Waals surface area contributed by atoms with Crippen LogP contribution in [-0.4, -0.2) is 83.9 Å². The van der Waals surface area contributed by atoms with Crippen LogP contribution in [0.2, 0.25) is 0 Å². The number of likely N-dealkylation sites (tertiary alicyclic amines) is 1. The number of thioether (sulfide) groups is 1. The average Bonchev–Trinajstić information content (AvgIpc) is 2.80. The van der Waals surface area contributed by atoms with E-state index in [0.717, 1.165) is 37.4 Å². The molecular formula is C23H34N2O7S. The summed E-state index contributed by atoms with van der Waals surface area (Å²) in [4.78, 5) is 30.2. The molecular weight excluding hydrogens is 448 g/mol. The molecule has 1 saturated heterocycles. The van der Waals surface area contributed by atoms with E-state index in [1.165, 1.54) is 26.0 Å². The van der Waals surface area contributed by atoms with E-state index in [1.807, 2.05) is 12.1 Å². The van der Waals surface area contributed by atoms with Crippen molar-refractivity contribution in [2.24, 2.45) is 5.92 Å². The van der Waals surface area contributed by atoms with E-state index in [2.05, 4.69) is 11.9 Å². The highest BCUT2D eigenvalue weighted by molar-refractivity contribution is 7.99. The van der Waals surface area contributed by atoms with Gasteiger partial charge in [-0.2, -0.15) is 0 Å². The van der Waals surface area contributed by atoms with Gasteiger partial charge >= 0.3 is 5.97 Å². The largest absolute Gasteiger partial charge is 0.490 e. The minimum Gasteiger partial charge on any atom is -0.490 e. The molecule has 3 rings (SSSR count). The van der Waals surface area contributed by atoms with Crippen LogP contribution >= 0.6 is 11.8 Å². The van der Waals surface area contributed by atoms with Gasteiger partial charge in [-0.25, -0.2) is 0 Å². The molecule has 0 unspecified atom stereocenters. The smallest absolute Gasteiger partial charge is 0.313 e. The topological polar surface area (TPSA) is 107 Å². The first-order valence-corrected chi connectivity index (χ1v) is 12.4. The molecule has 184 valence electrons. The molecule has 2 aliphatic rings. The van der Waals surface area contributed by atoms with E-state index in [-0.39, 0.29) is 43.8 Å². The molecule has 1 aromatic heterocycles. The molecule has 1 aliphatic carbocycles. The maximum absolute atomic E-state index is 13.2. The van der Waals surface area contributed by atoms with Gasteiger partial charge in [-0.15, -0.1) is 11.8 Å². The number of carboxylic acid groups (broad SMARTS) is 1. The molecule has 0 aromatic carbocycles. The van der Waals surface area contributed by atoms with Crippen LogP contribution in [0.15, 0.2) is 18.3 Å². The maximum atomic E-state index is 13.2. The first-order chi connectivity index (χ1) is 15.9. The summed E-state index contributed by atoms with van der Waals surface area (Å²) < 4.78 is 22.5. The molecule has 1 saturated carbocycles. The molecule has 0 bridgehead atoms. The molecule has 1 N–H and O–H groups in total. The predicted octanol–water partition coefficient (Wildman–Crippen LogP) is 2.57. The Morgan fingerprint density at radius 2 is 2.03 bits per heavy atom. The third-order valence-electron chi connectivity index (χ3n) is 6.24. The van der Waals surface area contributed by atoms with Gasteiger partial charge in [0.2, 0.25) is 0 Å². The molecule has 2 heterocycles. The number of carbonyl (C=O) groups excluding carboxylic acids is 1. The Balaban J connectivity index is 1.76. The van der Waals surface area contributed by atoms with Gasteiger partial charge in [-0.3, -0.25) is 14.6 Å². The molecule has 1 amide bonds. The standard InChI is InChI=1S/C23H34N2O7S/c1-16-4-6-18(7-5-16)32-19-8-9-24-17(10-19)11-23(31-15-30-3)20(12-33-13-21(26)27)25(14-29-2)22(23)28/h8-10,16,18,20H,4-7,11-15H2,1-3H3,(H,26,27)/t16?,18?,20-,23+/m0/s1. The SMILES string of the molecule is COCO[C@@]1(Cc2cc(OC3CCC(C)CC3)ccn2)C(=O)N(COC)[C@H]1CSCC(=O)O. The molecule has 10 heteroatoms. The number of carboxylic acids is 1. The van der Waals surface area contributed by atoms with Gasteiger partial charge in [0.1, 0.15) is 19.3 Å². The lowest BCUT2D eigenvalue weighted by Crippen LogP contribution is -2.77. The number of methoxy groups -OCH3 is 2. The summed E-state index contributed by atoms with van der Waals surface area (Å²) in [6, 6.07) is 3.32. The summed E-state index contributed by atoms with van der Waals surface area (Å²) in [5, 5.41) is 9.02. The van der Waals surface area contributed by atoms with Gasteiger partial charge in [0.05, 0.1) is 17.9 Å². The zero-order valence-electron chi connectivity index (χ0n) is 19.5. The van der Waals surface area contributed by atoms with Crippen LogP contribution < -0.4 is 4.74 Å². The summed E-state index contributed by atoms with van der Waals surface area (Å²) >= 11 is 1.23. The summed E-state index contributed by atoms with van der Waals surface area (Å²) in [5.41, 5.74) is -0.530. The van der Waals surface area contributed by atoms with Crippen molar-refractivity contribution in [2.75, 3.05) is 39.2 Å². The Bertz CT molecular complexity index is 803. The van der Waals surface area contributed by atoms with Crippen LogP contribution in [0.3, 0.4) is 0 Å². The van der Waals surface area contributed by atoms with Crippen LogP contribution in [0.1, 0.15) is 38.3 Å². The number of amides is 1. The number of pyridine rings is 1. The summed E-state index contributed by atoms with van der Waals surface area (Å²) in [7, 11) is 3.01. The van der Waals surface area contributed by atoms with E-state index >= 15 is 0 Å². The fourth-order valence-corrected chi connectivity index (χ4v) is 5.45. The minimum atomic E-state index is -1.20. The number of aromatic nitrogens is 1. The zero-order chi connectivity index (χ0) is 23.8. The lowest BCUT2D eigenvalue weighted by atomic mass is 9.79. The van der Waals surface area contributed by atoms with Crippen molar-refractivity contribution in [1.29, 1.82) is 0 Å². The van der Waals surface area contributed by atoms with Crippen molar-refractivity contribution in [2.45, 2.75) is 56.8 Å². The summed E-state index contributed by atoms with van der Waals surface area (Å²) in [5.74, 6) is 0.673. The third kappa shape index (κ3) is 6.38. The average molecular weight is 483 g/mol. The summed E-state index contributed by atoms with van der Waals surface area (Å²) in [6.07, 6.45) is 6.50. The van der Waals surface area contributed by atoms with Crippen LogP contribution in [0.25, 0.3) is 0 Å².